The van der Waals surface area contributed by atoms with Crippen LogP contribution in [-0.2, 0) is 19.3 Å². The van der Waals surface area contributed by atoms with Crippen molar-refractivity contribution in [1.82, 2.24) is 4.90 Å². The lowest BCUT2D eigenvalue weighted by molar-refractivity contribution is 0.195. The van der Waals surface area contributed by atoms with Crippen LogP contribution in [0.5, 0.6) is 11.5 Å². The molecule has 5 nitrogen and oxygen atoms in total. The normalized spacial score (nSPS) is 17.2. The van der Waals surface area contributed by atoms with Crippen molar-refractivity contribution in [1.29, 1.82) is 0 Å². The molecule has 1 N–H and O–H groups in total. The van der Waals surface area contributed by atoms with Gasteiger partial charge in [-0.15, -0.1) is 11.3 Å². The average molecular weight is 483 g/mol. The molecule has 1 unspecified atom stereocenters. The summed E-state index contributed by atoms with van der Waals surface area (Å²) in [6, 6.07) is 13.4. The molecule has 2 amide bonds. The fourth-order valence-corrected chi connectivity index (χ4v) is 6.81. The number of methoxy groups -OCH3 is 2. The van der Waals surface area contributed by atoms with Gasteiger partial charge in [-0.05, 0) is 54.9 Å². The number of hydrogen-bond acceptors (Lipinski definition) is 4. The van der Waals surface area contributed by atoms with Crippen LogP contribution < -0.4 is 14.8 Å². The molecule has 0 spiro atoms. The molecule has 172 valence electrons. The largest absolute Gasteiger partial charge is 0.495 e. The van der Waals surface area contributed by atoms with Crippen molar-refractivity contribution in [2.24, 2.45) is 0 Å². The molecule has 5 rings (SSSR count). The number of thiophene rings is 1. The lowest BCUT2D eigenvalue weighted by Crippen LogP contribution is -2.42. The van der Waals surface area contributed by atoms with E-state index in [1.807, 2.05) is 34.4 Å². The average Bonchev–Trinajstić information content (AvgIpc) is 3.23. The first-order valence-electron chi connectivity index (χ1n) is 11.3. The minimum Gasteiger partial charge on any atom is -0.495 e. The van der Waals surface area contributed by atoms with Crippen LogP contribution in [-0.4, -0.2) is 31.7 Å². The lowest BCUT2D eigenvalue weighted by Gasteiger charge is -2.36. The predicted molar refractivity (Wildman–Crippen MR) is 133 cm³/mol. The van der Waals surface area contributed by atoms with Crippen molar-refractivity contribution in [3.63, 3.8) is 0 Å². The van der Waals surface area contributed by atoms with Crippen LogP contribution in [0.25, 0.3) is 0 Å². The molecule has 7 heteroatoms. The van der Waals surface area contributed by atoms with Crippen molar-refractivity contribution < 1.29 is 14.3 Å². The van der Waals surface area contributed by atoms with E-state index in [0.717, 1.165) is 24.8 Å². The highest BCUT2D eigenvalue weighted by molar-refractivity contribution is 7.12. The van der Waals surface area contributed by atoms with Crippen LogP contribution in [0.15, 0.2) is 42.5 Å². The third-order valence-electron chi connectivity index (χ3n) is 6.57. The Morgan fingerprint density at radius 2 is 1.79 bits per heavy atom. The van der Waals surface area contributed by atoms with Gasteiger partial charge >= 0.3 is 6.03 Å². The van der Waals surface area contributed by atoms with Gasteiger partial charge in [0.05, 0.1) is 31.0 Å². The number of ether oxygens (including phenoxy) is 2. The Bertz CT molecular complexity index is 1180. The smallest absolute Gasteiger partial charge is 0.322 e. The second-order valence-electron chi connectivity index (χ2n) is 8.43. The minimum atomic E-state index is -0.166. The molecule has 0 bridgehead atoms. The molecule has 1 atom stereocenters. The zero-order valence-corrected chi connectivity index (χ0v) is 20.4. The number of hydrogen-bond donors (Lipinski definition) is 1. The Balaban J connectivity index is 1.52. The Hall–Kier alpha value is -2.70. The summed E-state index contributed by atoms with van der Waals surface area (Å²) < 4.78 is 10.8. The second kappa shape index (κ2) is 9.27. The number of fused-ring (bicyclic) bond motifs is 3. The van der Waals surface area contributed by atoms with Crippen LogP contribution in [0.1, 0.15) is 45.3 Å². The van der Waals surface area contributed by atoms with Gasteiger partial charge in [-0.3, -0.25) is 0 Å². The number of rotatable bonds is 4. The summed E-state index contributed by atoms with van der Waals surface area (Å²) in [7, 11) is 3.11. The summed E-state index contributed by atoms with van der Waals surface area (Å²) in [5, 5.41) is 3.46. The van der Waals surface area contributed by atoms with Crippen LogP contribution in [0.2, 0.25) is 5.02 Å². The van der Waals surface area contributed by atoms with E-state index in [2.05, 4.69) is 17.4 Å². The third kappa shape index (κ3) is 4.06. The molecule has 1 aliphatic carbocycles. The number of urea groups is 1. The van der Waals surface area contributed by atoms with E-state index < -0.39 is 0 Å². The van der Waals surface area contributed by atoms with Crippen LogP contribution >= 0.6 is 22.9 Å². The van der Waals surface area contributed by atoms with E-state index in [0.29, 0.717) is 28.8 Å². The first kappa shape index (κ1) is 22.1. The molecule has 1 aliphatic heterocycles. The molecule has 0 fully saturated rings. The van der Waals surface area contributed by atoms with Crippen molar-refractivity contribution in [2.75, 3.05) is 26.1 Å². The van der Waals surface area contributed by atoms with E-state index >= 15 is 0 Å². The fraction of sp³-hybridized carbons (Fsp3) is 0.346. The maximum atomic E-state index is 13.6. The van der Waals surface area contributed by atoms with Gasteiger partial charge in [0.1, 0.15) is 11.5 Å². The quantitative estimate of drug-likeness (QED) is 0.463. The van der Waals surface area contributed by atoms with E-state index in [4.69, 9.17) is 21.1 Å². The van der Waals surface area contributed by atoms with E-state index in [-0.39, 0.29) is 12.1 Å². The molecule has 2 aliphatic rings. The van der Waals surface area contributed by atoms with Gasteiger partial charge in [0.25, 0.3) is 0 Å². The van der Waals surface area contributed by atoms with Gasteiger partial charge in [0.15, 0.2) is 0 Å². The number of nitrogens with zero attached hydrogens (tertiary/aromatic N) is 1. The number of halogens is 1. The van der Waals surface area contributed by atoms with Crippen molar-refractivity contribution in [3.8, 4) is 11.5 Å². The number of aryl methyl sites for hydroxylation is 1. The highest BCUT2D eigenvalue weighted by Gasteiger charge is 2.36. The minimum absolute atomic E-state index is 0.106. The monoisotopic (exact) mass is 482 g/mol. The van der Waals surface area contributed by atoms with Crippen LogP contribution in [0.4, 0.5) is 10.5 Å². The van der Waals surface area contributed by atoms with E-state index in [1.54, 1.807) is 31.9 Å². The summed E-state index contributed by atoms with van der Waals surface area (Å²) in [4.78, 5) is 18.4. The summed E-state index contributed by atoms with van der Waals surface area (Å²) in [6.07, 6.45) is 5.72. The predicted octanol–water partition coefficient (Wildman–Crippen LogP) is 6.48. The standard InChI is InChI=1S/C26H27ClN2O3S/c1-31-21-15-22(32-2)20(14-19(21)27)28-26(30)29-13-12-18-17-10-6-7-11-23(17)33-25(18)24(29)16-8-4-3-5-9-16/h3-5,8-9,14-15,24H,6-7,10-13H2,1-2H3,(H,28,30). The molecule has 1 aromatic heterocycles. The summed E-state index contributed by atoms with van der Waals surface area (Å²) in [6.45, 7) is 0.660. The molecule has 0 saturated carbocycles. The molecule has 33 heavy (non-hydrogen) atoms. The zero-order valence-electron chi connectivity index (χ0n) is 18.8. The van der Waals surface area contributed by atoms with Crippen molar-refractivity contribution >= 4 is 34.7 Å². The Labute approximate surface area is 203 Å². The van der Waals surface area contributed by atoms with E-state index in [1.165, 1.54) is 28.2 Å². The first-order chi connectivity index (χ1) is 16.1. The SMILES string of the molecule is COc1cc(OC)c(NC(=O)N2CCc3c(sc4c3CCCC4)C2c2ccccc2)cc1Cl. The highest BCUT2D eigenvalue weighted by atomic mass is 35.5. The number of carbonyl (C=O) groups is 1. The number of amides is 2. The summed E-state index contributed by atoms with van der Waals surface area (Å²) in [5.41, 5.74) is 4.67. The van der Waals surface area contributed by atoms with Gasteiger partial charge in [0, 0.05) is 22.4 Å². The zero-order chi connectivity index (χ0) is 22.9. The van der Waals surface area contributed by atoms with Gasteiger partial charge < -0.3 is 19.7 Å². The second-order valence-corrected chi connectivity index (χ2v) is 9.97. The van der Waals surface area contributed by atoms with Crippen molar-refractivity contribution in [2.45, 2.75) is 38.1 Å². The number of carbonyl (C=O) groups excluding carboxylic acids is 1. The number of nitrogens with one attached hydrogen (secondary N) is 1. The Morgan fingerprint density at radius 1 is 1.03 bits per heavy atom. The van der Waals surface area contributed by atoms with Crippen LogP contribution in [0.3, 0.4) is 0 Å². The molecule has 0 radical (unpaired) electrons. The van der Waals surface area contributed by atoms with Crippen LogP contribution in [0, 0.1) is 0 Å². The van der Waals surface area contributed by atoms with Crippen molar-refractivity contribution in [3.05, 3.63) is 73.9 Å². The first-order valence-corrected chi connectivity index (χ1v) is 12.5. The van der Waals surface area contributed by atoms with Gasteiger partial charge in [-0.1, -0.05) is 41.9 Å². The molecule has 3 aromatic rings. The highest BCUT2D eigenvalue weighted by Crippen LogP contribution is 2.45. The number of benzene rings is 2. The molecular weight excluding hydrogens is 456 g/mol. The van der Waals surface area contributed by atoms with Gasteiger partial charge in [-0.2, -0.15) is 0 Å². The topological polar surface area (TPSA) is 50.8 Å². The lowest BCUT2D eigenvalue weighted by atomic mass is 9.88. The van der Waals surface area contributed by atoms with Gasteiger partial charge in [0.2, 0.25) is 0 Å². The number of anilines is 1. The third-order valence-corrected chi connectivity index (χ3v) is 8.25. The molecule has 2 aromatic carbocycles. The maximum absolute atomic E-state index is 13.6. The Kier molecular flexibility index (Phi) is 6.21. The summed E-state index contributed by atoms with van der Waals surface area (Å²) >= 11 is 8.23. The van der Waals surface area contributed by atoms with E-state index in [9.17, 15) is 4.79 Å². The maximum Gasteiger partial charge on any atom is 0.322 e. The molecular formula is C26H27ClN2O3S. The fourth-order valence-electron chi connectivity index (χ4n) is 4.98. The Morgan fingerprint density at radius 3 is 2.55 bits per heavy atom. The molecule has 0 saturated heterocycles. The van der Waals surface area contributed by atoms with Gasteiger partial charge in [-0.25, -0.2) is 4.79 Å². The summed E-state index contributed by atoms with van der Waals surface area (Å²) in [5.74, 6) is 1.01. The molecule has 2 heterocycles.